The molecule has 1 N–H and O–H groups in total. The molecule has 1 unspecified atom stereocenters. The van der Waals surface area contributed by atoms with E-state index in [0.29, 0.717) is 5.92 Å². The normalized spacial score (nSPS) is 16.5. The zero-order chi connectivity index (χ0) is 29.0. The fourth-order valence-electron chi connectivity index (χ4n) is 5.94. The van der Waals surface area contributed by atoms with E-state index in [2.05, 4.69) is 124 Å². The molecule has 0 saturated heterocycles. The quantitative estimate of drug-likeness (QED) is 0.243. The van der Waals surface area contributed by atoms with Crippen LogP contribution >= 0.6 is 0 Å². The number of aryl methyl sites for hydroxylation is 2. The lowest BCUT2D eigenvalue weighted by atomic mass is 9.91. The number of nitrogens with zero attached hydrogens (tertiary/aromatic N) is 5. The van der Waals surface area contributed by atoms with Gasteiger partial charge in [-0.3, -0.25) is 0 Å². The Bertz CT molecular complexity index is 1860. The third-order valence-corrected chi connectivity index (χ3v) is 8.41. The van der Waals surface area contributed by atoms with Gasteiger partial charge in [0.15, 0.2) is 17.5 Å². The van der Waals surface area contributed by atoms with Crippen LogP contribution in [-0.4, -0.2) is 21.5 Å². The van der Waals surface area contributed by atoms with E-state index in [1.165, 1.54) is 16.7 Å². The number of fused-ring (bicyclic) bond motifs is 4. The van der Waals surface area contributed by atoms with Crippen molar-refractivity contribution in [3.8, 4) is 5.69 Å². The molecule has 42 heavy (non-hydrogen) atoms. The molecule has 2 aliphatic rings. The van der Waals surface area contributed by atoms with E-state index < -0.39 is 0 Å². The summed E-state index contributed by atoms with van der Waals surface area (Å²) in [5.41, 5.74) is 10.9. The molecule has 1 aromatic heterocycles. The number of aromatic nitrogens is 2. The summed E-state index contributed by atoms with van der Waals surface area (Å²) in [5.74, 6) is 2.78. The minimum absolute atomic E-state index is 0.141. The number of amidine groups is 2. The number of rotatable bonds is 4. The third kappa shape index (κ3) is 4.22. The number of benzene rings is 4. The zero-order valence-electron chi connectivity index (χ0n) is 24.6. The van der Waals surface area contributed by atoms with E-state index in [1.54, 1.807) is 0 Å². The third-order valence-electron chi connectivity index (χ3n) is 8.41. The lowest BCUT2D eigenvalue weighted by Crippen LogP contribution is -2.48. The maximum Gasteiger partial charge on any atom is 0.179 e. The summed E-state index contributed by atoms with van der Waals surface area (Å²) >= 11 is 0. The Hall–Kier alpha value is -4.97. The largest absolute Gasteiger partial charge is 0.335 e. The van der Waals surface area contributed by atoms with Gasteiger partial charge in [-0.25, -0.2) is 14.7 Å². The molecule has 6 heteroatoms. The minimum Gasteiger partial charge on any atom is -0.335 e. The van der Waals surface area contributed by atoms with Crippen molar-refractivity contribution in [1.82, 2.24) is 9.78 Å². The van der Waals surface area contributed by atoms with Crippen LogP contribution in [0.2, 0.25) is 0 Å². The van der Waals surface area contributed by atoms with Crippen LogP contribution in [0.3, 0.4) is 0 Å². The molecule has 1 atom stereocenters. The van der Waals surface area contributed by atoms with Crippen molar-refractivity contribution >= 4 is 34.6 Å². The minimum atomic E-state index is -0.141. The molecule has 0 fully saturated rings. The first-order valence-corrected chi connectivity index (χ1v) is 14.5. The van der Waals surface area contributed by atoms with Crippen LogP contribution in [0.25, 0.3) is 5.69 Å². The second-order valence-corrected chi connectivity index (χ2v) is 11.4. The van der Waals surface area contributed by atoms with Gasteiger partial charge in [-0.05, 0) is 79.3 Å². The molecule has 0 spiro atoms. The number of hydrogen-bond acceptors (Lipinski definition) is 4. The predicted molar refractivity (Wildman–Crippen MR) is 173 cm³/mol. The molecule has 7 rings (SSSR count). The van der Waals surface area contributed by atoms with Crippen LogP contribution in [0.1, 0.15) is 59.3 Å². The Morgan fingerprint density at radius 2 is 1.55 bits per heavy atom. The van der Waals surface area contributed by atoms with Crippen molar-refractivity contribution in [1.29, 1.82) is 0 Å². The zero-order valence-corrected chi connectivity index (χ0v) is 24.6. The molecule has 0 saturated carbocycles. The van der Waals surface area contributed by atoms with Crippen LogP contribution in [-0.2, 0) is 0 Å². The molecule has 0 amide bonds. The Balaban J connectivity index is 1.52. The van der Waals surface area contributed by atoms with Crippen molar-refractivity contribution in [3.05, 3.63) is 131 Å². The standard InChI is InChI=1S/C36H34N6/c1-22(2)26-18-20-27(21-19-26)33-32-25(5)40-42(28-13-7-6-8-14-28)35(32)39-36-34(37-29-16-11-12-23(3)24(29)4)38-30-15-9-10-17-31(30)41(33)36/h6-22,33H,1-5H3,(H,37,38). The van der Waals surface area contributed by atoms with Gasteiger partial charge in [0, 0.05) is 5.56 Å². The topological polar surface area (TPSA) is 57.8 Å². The van der Waals surface area contributed by atoms with Crippen molar-refractivity contribution in [2.75, 3.05) is 10.2 Å². The number of para-hydroxylation sites is 3. The van der Waals surface area contributed by atoms with Crippen LogP contribution in [0.5, 0.6) is 0 Å². The lowest BCUT2D eigenvalue weighted by molar-refractivity contribution is 0.811. The summed E-state index contributed by atoms with van der Waals surface area (Å²) in [4.78, 5) is 12.9. The second-order valence-electron chi connectivity index (χ2n) is 11.4. The van der Waals surface area contributed by atoms with Crippen LogP contribution in [0.4, 0.5) is 22.9 Å². The number of aliphatic imine (C=N–C) groups is 2. The van der Waals surface area contributed by atoms with E-state index in [4.69, 9.17) is 15.1 Å². The van der Waals surface area contributed by atoms with E-state index in [9.17, 15) is 0 Å². The molecule has 0 bridgehead atoms. The Morgan fingerprint density at radius 1 is 0.810 bits per heavy atom. The number of anilines is 2. The molecule has 208 valence electrons. The van der Waals surface area contributed by atoms with E-state index in [-0.39, 0.29) is 6.04 Å². The average molecular weight is 551 g/mol. The van der Waals surface area contributed by atoms with Crippen LogP contribution in [0.15, 0.2) is 107 Å². The Kier molecular flexibility index (Phi) is 6.27. The van der Waals surface area contributed by atoms with Gasteiger partial charge in [0.25, 0.3) is 0 Å². The highest BCUT2D eigenvalue weighted by atomic mass is 15.4. The summed E-state index contributed by atoms with van der Waals surface area (Å²) in [5, 5.41) is 8.69. The first kappa shape index (κ1) is 26.0. The van der Waals surface area contributed by atoms with Gasteiger partial charge >= 0.3 is 0 Å². The van der Waals surface area contributed by atoms with E-state index in [1.807, 2.05) is 22.9 Å². The van der Waals surface area contributed by atoms with Crippen LogP contribution < -0.4 is 10.2 Å². The molecule has 0 radical (unpaired) electrons. The van der Waals surface area contributed by atoms with Gasteiger partial charge < -0.3 is 10.2 Å². The van der Waals surface area contributed by atoms with Gasteiger partial charge in [-0.2, -0.15) is 5.10 Å². The molecule has 6 nitrogen and oxygen atoms in total. The van der Waals surface area contributed by atoms with Gasteiger partial charge in [0.05, 0.1) is 34.5 Å². The van der Waals surface area contributed by atoms with Gasteiger partial charge in [0.1, 0.15) is 0 Å². The molecule has 0 aliphatic carbocycles. The second kappa shape index (κ2) is 10.1. The monoisotopic (exact) mass is 550 g/mol. The van der Waals surface area contributed by atoms with Crippen LogP contribution in [0, 0.1) is 20.8 Å². The Labute approximate surface area is 247 Å². The smallest absolute Gasteiger partial charge is 0.179 e. The first-order valence-electron chi connectivity index (χ1n) is 14.5. The maximum absolute atomic E-state index is 5.36. The van der Waals surface area contributed by atoms with Gasteiger partial charge in [0.2, 0.25) is 0 Å². The molecule has 2 aliphatic heterocycles. The average Bonchev–Trinajstić information content (AvgIpc) is 3.34. The Morgan fingerprint density at radius 3 is 2.31 bits per heavy atom. The highest BCUT2D eigenvalue weighted by molar-refractivity contribution is 6.52. The van der Waals surface area contributed by atoms with Crippen molar-refractivity contribution in [2.45, 2.75) is 46.6 Å². The predicted octanol–water partition coefficient (Wildman–Crippen LogP) is 8.72. The van der Waals surface area contributed by atoms with Crippen molar-refractivity contribution < 1.29 is 0 Å². The molecular formula is C36H34N6. The fraction of sp³-hybridized carbons (Fsp3) is 0.194. The molecule has 4 aromatic carbocycles. The maximum atomic E-state index is 5.36. The van der Waals surface area contributed by atoms with E-state index in [0.717, 1.165) is 57.1 Å². The highest BCUT2D eigenvalue weighted by Crippen LogP contribution is 2.48. The SMILES string of the molecule is Cc1cccc(N=C2Nc3ccccc3N3C2=Nc2c(c(C)nn2-c2ccccc2)C3c2ccc(C(C)C)cc2)c1C. The molecule has 3 heterocycles. The fourth-order valence-corrected chi connectivity index (χ4v) is 5.94. The van der Waals surface area contributed by atoms with Crippen molar-refractivity contribution in [2.24, 2.45) is 9.98 Å². The number of nitrogens with one attached hydrogen (secondary N) is 1. The highest BCUT2D eigenvalue weighted by Gasteiger charge is 2.41. The molecular weight excluding hydrogens is 516 g/mol. The van der Waals surface area contributed by atoms with Crippen molar-refractivity contribution in [3.63, 3.8) is 0 Å². The molecule has 5 aromatic rings. The number of hydrogen-bond donors (Lipinski definition) is 1. The summed E-state index contributed by atoms with van der Waals surface area (Å²) in [6, 6.07) is 33.8. The summed E-state index contributed by atoms with van der Waals surface area (Å²) in [6.45, 7) is 10.8. The first-order chi connectivity index (χ1) is 20.4. The summed E-state index contributed by atoms with van der Waals surface area (Å²) < 4.78 is 1.97. The lowest BCUT2D eigenvalue weighted by Gasteiger charge is -2.42. The summed E-state index contributed by atoms with van der Waals surface area (Å²) in [7, 11) is 0. The van der Waals surface area contributed by atoms with Gasteiger partial charge in [-0.1, -0.05) is 80.6 Å². The van der Waals surface area contributed by atoms with Gasteiger partial charge in [-0.15, -0.1) is 0 Å². The van der Waals surface area contributed by atoms with E-state index >= 15 is 0 Å². The summed E-state index contributed by atoms with van der Waals surface area (Å²) in [6.07, 6.45) is 0.